The fraction of sp³-hybridized carbons (Fsp3) is 0.560. The maximum atomic E-state index is 15.7. The number of H-pyrrole nitrogens is 2. The minimum Gasteiger partial charge on any atom is -0.391 e. The number of benzene rings is 2. The highest BCUT2D eigenvalue weighted by molar-refractivity contribution is 8.76. The number of fused-ring (bicyclic) bond motifs is 7. The van der Waals surface area contributed by atoms with Crippen molar-refractivity contribution in [2.75, 3.05) is 44.2 Å². The van der Waals surface area contributed by atoms with E-state index in [2.05, 4.69) is 62.2 Å². The molecular weight excluding hydrogens is 1430 g/mol. The highest BCUT2D eigenvalue weighted by atomic mass is 33.1. The van der Waals surface area contributed by atoms with Crippen molar-refractivity contribution in [2.45, 2.75) is 196 Å². The Morgan fingerprint density at radius 2 is 1.15 bits per heavy atom. The number of aromatic amines is 2. The Balaban J connectivity index is 1.27. The average Bonchev–Trinajstić information content (AvgIpc) is 1.64. The number of Topliss-reactive ketones (excluding diaryl/α,β-unsaturated/α-hetero) is 4. The summed E-state index contributed by atoms with van der Waals surface area (Å²) in [6.45, 7) is 1.86. The van der Waals surface area contributed by atoms with Gasteiger partial charge in [0.05, 0.1) is 18.5 Å². The molecule has 0 spiro atoms. The number of para-hydroxylation sites is 1. The molecule has 0 saturated carbocycles. The van der Waals surface area contributed by atoms with Crippen LogP contribution < -0.4 is 65.9 Å². The molecule has 0 aliphatic carbocycles. The number of ketones is 4. The molecule has 108 heavy (non-hydrogen) atoms. The molecule has 33 heteroatoms. The molecule has 6 heterocycles. The van der Waals surface area contributed by atoms with E-state index in [1.165, 1.54) is 12.5 Å². The summed E-state index contributed by atoms with van der Waals surface area (Å²) in [5.74, 6) is -13.8. The molecule has 0 unspecified atom stereocenters. The van der Waals surface area contributed by atoms with Crippen molar-refractivity contribution in [1.82, 2.24) is 57.1 Å². The number of guanidine groups is 1. The zero-order valence-electron chi connectivity index (χ0n) is 61.2. The molecule has 3 fully saturated rings. The molecule has 13 atom stereocenters. The van der Waals surface area contributed by atoms with E-state index in [-0.39, 0.29) is 114 Å². The van der Waals surface area contributed by atoms with Gasteiger partial charge in [-0.1, -0.05) is 89.5 Å². The number of amides is 8. The van der Waals surface area contributed by atoms with Gasteiger partial charge in [-0.15, -0.1) is 0 Å². The third-order valence-electron chi connectivity index (χ3n) is 20.0. The minimum atomic E-state index is -1.60. The lowest BCUT2D eigenvalue weighted by molar-refractivity contribution is -0.142. The van der Waals surface area contributed by atoms with E-state index in [1.54, 1.807) is 55.7 Å². The summed E-state index contributed by atoms with van der Waals surface area (Å²) in [7, 11) is 2.07. The van der Waals surface area contributed by atoms with Crippen LogP contribution in [-0.2, 0) is 76.8 Å². The van der Waals surface area contributed by atoms with E-state index in [0.29, 0.717) is 67.5 Å². The third-order valence-corrected chi connectivity index (χ3v) is 22.5. The first kappa shape index (κ1) is 84.5. The Kier molecular flexibility index (Phi) is 33.7. The number of imidazole rings is 1. The van der Waals surface area contributed by atoms with Crippen LogP contribution in [0.15, 0.2) is 95.1 Å². The third kappa shape index (κ3) is 25.8. The van der Waals surface area contributed by atoms with Crippen molar-refractivity contribution in [3.8, 4) is 0 Å². The van der Waals surface area contributed by atoms with Gasteiger partial charge in [-0.2, -0.15) is 0 Å². The van der Waals surface area contributed by atoms with E-state index >= 15 is 38.4 Å². The van der Waals surface area contributed by atoms with Gasteiger partial charge in [0, 0.05) is 147 Å². The maximum absolute atomic E-state index is 15.7. The molecule has 4 aliphatic heterocycles. The molecule has 2 aromatic carbocycles. The van der Waals surface area contributed by atoms with Crippen LogP contribution in [0.1, 0.15) is 139 Å². The first-order chi connectivity index (χ1) is 52.0. The summed E-state index contributed by atoms with van der Waals surface area (Å²) in [5, 5.41) is 32.1. The van der Waals surface area contributed by atoms with Gasteiger partial charge in [0.1, 0.15) is 59.6 Å². The molecule has 2 aromatic heterocycles. The van der Waals surface area contributed by atoms with Crippen LogP contribution in [0.5, 0.6) is 0 Å². The van der Waals surface area contributed by atoms with E-state index in [1.807, 2.05) is 24.3 Å². The maximum Gasteiger partial charge on any atom is 0.246 e. The number of nitrogens with one attached hydrogen (secondary N) is 9. The minimum absolute atomic E-state index is 0.0154. The lowest BCUT2D eigenvalue weighted by Gasteiger charge is -2.31. The number of allylic oxidation sites excluding steroid dienone is 1. The number of aliphatic imine (C=N–C) groups is 2. The van der Waals surface area contributed by atoms with Crippen molar-refractivity contribution in [1.29, 1.82) is 0 Å². The predicted molar refractivity (Wildman–Crippen MR) is 412 cm³/mol. The number of carbonyl (C=O) groups is 12. The van der Waals surface area contributed by atoms with Gasteiger partial charge in [-0.25, -0.2) is 4.98 Å². The normalized spacial score (nSPS) is 26.3. The molecule has 8 rings (SSSR count). The number of carbonyl (C=O) groups excluding carboxylic acids is 12. The molecule has 8 amide bonds. The number of nitrogens with zero attached hydrogens (tertiary/aromatic N) is 4. The summed E-state index contributed by atoms with van der Waals surface area (Å²) >= 11 is 0. The van der Waals surface area contributed by atoms with Gasteiger partial charge >= 0.3 is 0 Å². The lowest BCUT2D eigenvalue weighted by atomic mass is 9.82. The number of rotatable bonds is 24. The second-order valence-corrected chi connectivity index (χ2v) is 30.9. The van der Waals surface area contributed by atoms with Crippen LogP contribution in [0.25, 0.3) is 10.9 Å². The number of aliphatic hydroxyl groups is 1. The fourth-order valence-electron chi connectivity index (χ4n) is 13.8. The monoisotopic (exact) mass is 1530 g/mol. The molecule has 0 radical (unpaired) electrons. The number of hydrogen-bond donors (Lipinski definition) is 15. The van der Waals surface area contributed by atoms with Crippen LogP contribution in [0.4, 0.5) is 0 Å². The van der Waals surface area contributed by atoms with E-state index in [4.69, 9.17) is 28.7 Å². The number of aromatic nitrogens is 3. The van der Waals surface area contributed by atoms with Gasteiger partial charge in [0.25, 0.3) is 0 Å². The van der Waals surface area contributed by atoms with Gasteiger partial charge in [0.2, 0.25) is 47.3 Å². The summed E-state index contributed by atoms with van der Waals surface area (Å²) in [4.78, 5) is 202. The zero-order valence-corrected chi connectivity index (χ0v) is 62.9. The summed E-state index contributed by atoms with van der Waals surface area (Å²) < 4.78 is 0. The highest BCUT2D eigenvalue weighted by Gasteiger charge is 2.45. The predicted octanol–water partition coefficient (Wildman–Crippen LogP) is 1.19. The second kappa shape index (κ2) is 43.1. The quantitative estimate of drug-likeness (QED) is 0.0203. The Bertz CT molecular complexity index is 3830. The van der Waals surface area contributed by atoms with Crippen molar-refractivity contribution in [3.63, 3.8) is 0 Å². The van der Waals surface area contributed by atoms with Crippen molar-refractivity contribution < 1.29 is 62.6 Å². The van der Waals surface area contributed by atoms with Crippen LogP contribution in [0, 0.1) is 23.7 Å². The van der Waals surface area contributed by atoms with Gasteiger partial charge in [-0.05, 0) is 107 Å². The molecule has 4 aliphatic rings. The number of aliphatic hydroxyl groups excluding tert-OH is 1. The SMILES string of the molecule is C[C@@H]1CC(=O)[C@@H]2CSSC[C@H](NC(=O)[C@H](CCCN=C(N)N)NC(=O)[C@H](CCCCN)NC(=O)[C@H](CCCCN)NC(=O)[C@H](CCCCN)CC1=O)C(=O)N1C[C@H](O)C[C@H]1C(=O)N[C@@H](Cc1cnc[nH]1)C(=O)N[C@H](Cc1ccccc1)C(=O)N[C@@H](CC1=CCC=N1)C(=O)C[C@@H](Cc1c[nH]c3ccccc13)C(=O)C2. The van der Waals surface area contributed by atoms with Crippen LogP contribution in [0.2, 0.25) is 0 Å². The Morgan fingerprint density at radius 1 is 0.565 bits per heavy atom. The van der Waals surface area contributed by atoms with Gasteiger partial charge in [0.15, 0.2) is 11.7 Å². The van der Waals surface area contributed by atoms with Gasteiger partial charge < -0.3 is 85.9 Å². The average molecular weight is 1530 g/mol. The van der Waals surface area contributed by atoms with Gasteiger partial charge in [-0.3, -0.25) is 67.5 Å². The molecule has 31 nitrogen and oxygen atoms in total. The topological polar surface area (TPSA) is 512 Å². The Morgan fingerprint density at radius 3 is 1.80 bits per heavy atom. The summed E-state index contributed by atoms with van der Waals surface area (Å²) in [6.07, 6.45) is 7.25. The lowest BCUT2D eigenvalue weighted by Crippen LogP contribution is -2.60. The summed E-state index contributed by atoms with van der Waals surface area (Å²) in [6, 6.07) is 4.66. The number of unbranched alkanes of at least 4 members (excludes halogenated alkanes) is 3. The van der Waals surface area contributed by atoms with Crippen LogP contribution in [-0.4, -0.2) is 206 Å². The molecular formula is C75H106N18O13S2. The van der Waals surface area contributed by atoms with Crippen LogP contribution in [0.3, 0.4) is 0 Å². The second-order valence-electron chi connectivity index (χ2n) is 28.4. The summed E-state index contributed by atoms with van der Waals surface area (Å²) in [5.41, 5.74) is 32.0. The first-order valence-electron chi connectivity index (χ1n) is 37.4. The van der Waals surface area contributed by atoms with Crippen molar-refractivity contribution in [2.24, 2.45) is 62.3 Å². The van der Waals surface area contributed by atoms with Crippen molar-refractivity contribution >= 4 is 115 Å². The molecule has 2 bridgehead atoms. The van der Waals surface area contributed by atoms with Crippen LogP contribution >= 0.6 is 21.6 Å². The smallest absolute Gasteiger partial charge is 0.246 e. The zero-order chi connectivity index (χ0) is 77.7. The molecule has 586 valence electrons. The Labute approximate surface area is 636 Å². The first-order valence-corrected chi connectivity index (χ1v) is 39.9. The fourth-order valence-corrected chi connectivity index (χ4v) is 16.3. The largest absolute Gasteiger partial charge is 0.391 e. The highest BCUT2D eigenvalue weighted by Crippen LogP contribution is 2.33. The molecule has 20 N–H and O–H groups in total. The van der Waals surface area contributed by atoms with E-state index in [9.17, 15) is 24.3 Å². The standard InChI is InChI=1S/C75H106N18O13S2/c1-44-29-64(96)49-34-65(97)47(31-48-38-84-54-20-6-5-19-53(48)54)33-66(98)58(35-50-18-13-27-82-50)89-71(103)59(30-45-15-3-2-4-16-45)90-72(104)60(36-51-39-81-43-85-51)91-73(105)62-37-52(94)40-93(62)74(106)61(42-108-107-41-49)92-70(102)57(23-14-28-83-75(79)80)88-69(101)56(22-9-12-26-78)87-68(100)55(21-8-11-25-77)86-67(99)46(32-63(44)95)17-7-10-24-76/h2-6,15-16,18-20,27,38-39,43-44,46-47,49,52,55-62,84,94H,7-14,17,21-26,28-37,40-42,76-78H2,1H3,(H,81,85)(H,86,99)(H,87,100)(H,88,101)(H,89,103)(H,90,104)(H,91,105)(H,92,102)(H4,79,80,83)/t44-,46-,47-,49+,52-,55+,56+,57+,58+,59-,60+,61+,62+/m1/s1. The molecule has 4 aromatic rings. The van der Waals surface area contributed by atoms with E-state index < -0.39 is 174 Å². The van der Waals surface area contributed by atoms with Crippen molar-refractivity contribution in [3.05, 3.63) is 102 Å². The number of hydrogen-bond acceptors (Lipinski definition) is 21. The molecule has 3 saturated heterocycles. The number of nitrogens with two attached hydrogens (primary N) is 5. The Hall–Kier alpha value is -9.15. The van der Waals surface area contributed by atoms with E-state index in [0.717, 1.165) is 37.4 Å².